The summed E-state index contributed by atoms with van der Waals surface area (Å²) in [5, 5.41) is 0.561. The summed E-state index contributed by atoms with van der Waals surface area (Å²) in [6, 6.07) is 12.3. The Kier molecular flexibility index (Phi) is 3.07. The number of nitrogens with zero attached hydrogens (tertiary/aromatic N) is 1. The van der Waals surface area contributed by atoms with E-state index in [1.165, 1.54) is 4.90 Å². The van der Waals surface area contributed by atoms with E-state index in [0.717, 1.165) is 11.1 Å². The van der Waals surface area contributed by atoms with E-state index in [1.54, 1.807) is 24.3 Å². The van der Waals surface area contributed by atoms with Crippen molar-refractivity contribution in [3.63, 3.8) is 0 Å². The SMILES string of the molecule is Cc1ccc2c(c1)N(C(=O)c1ccc(Cl)cc1)C(=O)C2. The van der Waals surface area contributed by atoms with Crippen molar-refractivity contribution in [1.29, 1.82) is 0 Å². The number of hydrogen-bond donors (Lipinski definition) is 0. The van der Waals surface area contributed by atoms with Gasteiger partial charge >= 0.3 is 0 Å². The fourth-order valence-corrected chi connectivity index (χ4v) is 2.48. The number of carbonyl (C=O) groups is 2. The molecular weight excluding hydrogens is 274 g/mol. The van der Waals surface area contributed by atoms with Crippen LogP contribution in [0.25, 0.3) is 0 Å². The van der Waals surface area contributed by atoms with Crippen molar-refractivity contribution in [1.82, 2.24) is 0 Å². The summed E-state index contributed by atoms with van der Waals surface area (Å²) in [6.07, 6.45) is 0.273. The molecule has 100 valence electrons. The minimum absolute atomic E-state index is 0.189. The van der Waals surface area contributed by atoms with Crippen LogP contribution in [0.5, 0.6) is 0 Å². The number of halogens is 1. The number of hydrogen-bond acceptors (Lipinski definition) is 2. The monoisotopic (exact) mass is 285 g/mol. The normalized spacial score (nSPS) is 13.5. The van der Waals surface area contributed by atoms with Crippen molar-refractivity contribution in [3.05, 3.63) is 64.2 Å². The molecule has 2 aromatic carbocycles. The summed E-state index contributed by atoms with van der Waals surface area (Å²) in [5.74, 6) is -0.499. The van der Waals surface area contributed by atoms with Crippen LogP contribution in [0.15, 0.2) is 42.5 Å². The van der Waals surface area contributed by atoms with Gasteiger partial charge in [-0.1, -0.05) is 23.7 Å². The van der Waals surface area contributed by atoms with Gasteiger partial charge in [0.1, 0.15) is 0 Å². The fourth-order valence-electron chi connectivity index (χ4n) is 2.35. The van der Waals surface area contributed by atoms with E-state index in [9.17, 15) is 9.59 Å². The van der Waals surface area contributed by atoms with Crippen molar-refractivity contribution >= 4 is 29.1 Å². The third-order valence-corrected chi connectivity index (χ3v) is 3.62. The fraction of sp³-hybridized carbons (Fsp3) is 0.125. The Morgan fingerprint density at radius 2 is 1.85 bits per heavy atom. The van der Waals surface area contributed by atoms with Crippen LogP contribution >= 0.6 is 11.6 Å². The highest BCUT2D eigenvalue weighted by Crippen LogP contribution is 2.31. The first-order valence-corrected chi connectivity index (χ1v) is 6.66. The first kappa shape index (κ1) is 12.9. The molecule has 2 amide bonds. The molecule has 3 nitrogen and oxygen atoms in total. The quantitative estimate of drug-likeness (QED) is 0.753. The summed E-state index contributed by atoms with van der Waals surface area (Å²) in [5.41, 5.74) is 3.06. The second kappa shape index (κ2) is 4.76. The second-order valence-electron chi connectivity index (χ2n) is 4.85. The summed E-state index contributed by atoms with van der Waals surface area (Å²) >= 11 is 5.81. The van der Waals surface area contributed by atoms with E-state index in [2.05, 4.69) is 0 Å². The van der Waals surface area contributed by atoms with Crippen LogP contribution in [0.1, 0.15) is 21.5 Å². The molecule has 1 heterocycles. The molecule has 0 spiro atoms. The van der Waals surface area contributed by atoms with Gasteiger partial charge in [-0.3, -0.25) is 9.59 Å². The van der Waals surface area contributed by atoms with Crippen LogP contribution in [-0.4, -0.2) is 11.8 Å². The maximum atomic E-state index is 12.5. The van der Waals surface area contributed by atoms with Crippen LogP contribution in [0, 0.1) is 6.92 Å². The molecule has 0 saturated heterocycles. The molecule has 3 rings (SSSR count). The van der Waals surface area contributed by atoms with Gasteiger partial charge < -0.3 is 0 Å². The van der Waals surface area contributed by atoms with E-state index in [4.69, 9.17) is 11.6 Å². The van der Waals surface area contributed by atoms with Crippen LogP contribution in [0.2, 0.25) is 5.02 Å². The summed E-state index contributed by atoms with van der Waals surface area (Å²) in [4.78, 5) is 25.9. The highest BCUT2D eigenvalue weighted by atomic mass is 35.5. The molecule has 0 unspecified atom stereocenters. The van der Waals surface area contributed by atoms with Crippen molar-refractivity contribution in [3.8, 4) is 0 Å². The Bertz CT molecular complexity index is 707. The number of amides is 2. The number of carbonyl (C=O) groups excluding carboxylic acids is 2. The Morgan fingerprint density at radius 3 is 2.55 bits per heavy atom. The minimum Gasteiger partial charge on any atom is -0.274 e. The molecule has 0 aliphatic carbocycles. The maximum absolute atomic E-state index is 12.5. The van der Waals surface area contributed by atoms with Crippen LogP contribution in [0.4, 0.5) is 5.69 Å². The Labute approximate surface area is 121 Å². The van der Waals surface area contributed by atoms with Crippen molar-refractivity contribution in [2.45, 2.75) is 13.3 Å². The average Bonchev–Trinajstić information content (AvgIpc) is 2.74. The molecule has 0 fully saturated rings. The predicted octanol–water partition coefficient (Wildman–Crippen LogP) is 3.38. The first-order valence-electron chi connectivity index (χ1n) is 6.28. The van der Waals surface area contributed by atoms with Crippen LogP contribution in [-0.2, 0) is 11.2 Å². The predicted molar refractivity (Wildman–Crippen MR) is 78.2 cm³/mol. The molecule has 1 aliphatic rings. The highest BCUT2D eigenvalue weighted by molar-refractivity contribution is 6.31. The van der Waals surface area contributed by atoms with Gasteiger partial charge in [0, 0.05) is 10.6 Å². The van der Waals surface area contributed by atoms with E-state index in [-0.39, 0.29) is 18.2 Å². The minimum atomic E-state index is -0.309. The second-order valence-corrected chi connectivity index (χ2v) is 5.29. The van der Waals surface area contributed by atoms with Gasteiger partial charge in [0.2, 0.25) is 5.91 Å². The van der Waals surface area contributed by atoms with E-state index >= 15 is 0 Å². The first-order chi connectivity index (χ1) is 9.56. The highest BCUT2D eigenvalue weighted by Gasteiger charge is 2.32. The van der Waals surface area contributed by atoms with Crippen LogP contribution < -0.4 is 4.90 Å². The molecule has 1 aliphatic heterocycles. The van der Waals surface area contributed by atoms with Gasteiger partial charge in [0.05, 0.1) is 12.1 Å². The third-order valence-electron chi connectivity index (χ3n) is 3.37. The van der Waals surface area contributed by atoms with E-state index in [1.807, 2.05) is 25.1 Å². The molecule has 2 aromatic rings. The number of rotatable bonds is 1. The number of imide groups is 1. The van der Waals surface area contributed by atoms with Gasteiger partial charge in [0.25, 0.3) is 5.91 Å². The molecule has 4 heteroatoms. The van der Waals surface area contributed by atoms with E-state index in [0.29, 0.717) is 16.3 Å². The summed E-state index contributed by atoms with van der Waals surface area (Å²) in [7, 11) is 0. The van der Waals surface area contributed by atoms with Gasteiger partial charge in [-0.25, -0.2) is 4.90 Å². The van der Waals surface area contributed by atoms with Gasteiger partial charge in [-0.15, -0.1) is 0 Å². The zero-order valence-corrected chi connectivity index (χ0v) is 11.6. The zero-order chi connectivity index (χ0) is 14.3. The lowest BCUT2D eigenvalue weighted by atomic mass is 10.1. The van der Waals surface area contributed by atoms with Gasteiger partial charge in [-0.2, -0.15) is 0 Å². The maximum Gasteiger partial charge on any atom is 0.265 e. The molecule has 0 N–H and O–H groups in total. The van der Waals surface area contributed by atoms with Gasteiger partial charge in [0.15, 0.2) is 0 Å². The molecule has 0 bridgehead atoms. The topological polar surface area (TPSA) is 37.4 Å². The molecular formula is C16H12ClNO2. The Hall–Kier alpha value is -2.13. The average molecular weight is 286 g/mol. The number of fused-ring (bicyclic) bond motifs is 1. The lowest BCUT2D eigenvalue weighted by Crippen LogP contribution is -2.33. The van der Waals surface area contributed by atoms with Crippen molar-refractivity contribution in [2.24, 2.45) is 0 Å². The lowest BCUT2D eigenvalue weighted by molar-refractivity contribution is -0.116. The van der Waals surface area contributed by atoms with Crippen molar-refractivity contribution in [2.75, 3.05) is 4.90 Å². The number of anilines is 1. The largest absolute Gasteiger partial charge is 0.274 e. The molecule has 20 heavy (non-hydrogen) atoms. The number of benzene rings is 2. The zero-order valence-electron chi connectivity index (χ0n) is 10.9. The molecule has 0 saturated carbocycles. The number of aryl methyl sites for hydroxylation is 1. The summed E-state index contributed by atoms with van der Waals surface area (Å²) < 4.78 is 0. The lowest BCUT2D eigenvalue weighted by Gasteiger charge is -2.16. The molecule has 0 radical (unpaired) electrons. The molecule has 0 atom stereocenters. The Balaban J connectivity index is 2.02. The molecule has 0 aromatic heterocycles. The van der Waals surface area contributed by atoms with Crippen LogP contribution in [0.3, 0.4) is 0 Å². The smallest absolute Gasteiger partial charge is 0.265 e. The van der Waals surface area contributed by atoms with E-state index < -0.39 is 0 Å². The summed E-state index contributed by atoms with van der Waals surface area (Å²) in [6.45, 7) is 1.94. The standard InChI is InChI=1S/C16H12ClNO2/c1-10-2-3-12-9-15(19)18(14(12)8-10)16(20)11-4-6-13(17)7-5-11/h2-8H,9H2,1H3. The third kappa shape index (κ3) is 2.10. The Morgan fingerprint density at radius 1 is 1.15 bits per heavy atom. The van der Waals surface area contributed by atoms with Crippen molar-refractivity contribution < 1.29 is 9.59 Å². The van der Waals surface area contributed by atoms with Gasteiger partial charge in [-0.05, 0) is 48.4 Å².